The molecule has 0 aliphatic rings. The Hall–Kier alpha value is -1.14. The molecule has 0 aliphatic heterocycles. The molecule has 0 spiro atoms. The van der Waals surface area contributed by atoms with E-state index in [0.717, 1.165) is 11.1 Å². The molecule has 0 radical (unpaired) electrons. The van der Waals surface area contributed by atoms with Gasteiger partial charge >= 0.3 is 7.60 Å². The first kappa shape index (κ1) is 18.2. The van der Waals surface area contributed by atoms with Crippen molar-refractivity contribution < 1.29 is 22.9 Å². The summed E-state index contributed by atoms with van der Waals surface area (Å²) in [4.78, 5) is 0. The third kappa shape index (κ3) is 4.67. The number of rotatable bonds is 9. The summed E-state index contributed by atoms with van der Waals surface area (Å²) in [7, 11) is -3.30. The summed E-state index contributed by atoms with van der Waals surface area (Å²) >= 11 is 3.41. The van der Waals surface area contributed by atoms with Crippen molar-refractivity contribution >= 4 is 23.5 Å². The molecule has 2 aromatic rings. The molecule has 1 aromatic carbocycles. The Morgan fingerprint density at radius 2 is 1.83 bits per heavy atom. The maximum absolute atomic E-state index is 12.4. The molecule has 8 heteroatoms. The maximum atomic E-state index is 12.4. The fourth-order valence-corrected chi connectivity index (χ4v) is 3.77. The van der Waals surface area contributed by atoms with Gasteiger partial charge in [-0.05, 0) is 19.0 Å². The van der Waals surface area contributed by atoms with Gasteiger partial charge < -0.3 is 18.3 Å². The number of hydrogen-bond acceptors (Lipinski definition) is 6. The van der Waals surface area contributed by atoms with Crippen LogP contribution in [-0.4, -0.2) is 24.7 Å². The van der Waals surface area contributed by atoms with Crippen molar-refractivity contribution in [2.75, 3.05) is 19.6 Å². The van der Waals surface area contributed by atoms with Gasteiger partial charge in [0.2, 0.25) is 0 Å². The Bertz CT molecular complexity index is 651. The SMILES string of the molecule is CCOP(=O)(COc1noc(-c2ccccc2)c1CBr)OCC. The van der Waals surface area contributed by atoms with Crippen LogP contribution in [0, 0.1) is 0 Å². The second-order valence-corrected chi connectivity index (χ2v) is 7.07. The van der Waals surface area contributed by atoms with E-state index in [1.807, 2.05) is 30.3 Å². The first-order valence-electron chi connectivity index (χ1n) is 7.24. The van der Waals surface area contributed by atoms with Crippen molar-refractivity contribution in [1.29, 1.82) is 0 Å². The Kier molecular flexibility index (Phi) is 6.84. The lowest BCUT2D eigenvalue weighted by Gasteiger charge is -2.16. The molecule has 0 bridgehead atoms. The summed E-state index contributed by atoms with van der Waals surface area (Å²) in [5.41, 5.74) is 1.64. The van der Waals surface area contributed by atoms with Crippen LogP contribution in [0.15, 0.2) is 34.9 Å². The fraction of sp³-hybridized carbons (Fsp3) is 0.400. The second-order valence-electron chi connectivity index (χ2n) is 4.51. The van der Waals surface area contributed by atoms with Gasteiger partial charge in [0.25, 0.3) is 5.88 Å². The van der Waals surface area contributed by atoms with Crippen LogP contribution in [0.25, 0.3) is 11.3 Å². The van der Waals surface area contributed by atoms with Crippen molar-refractivity contribution in [3.8, 4) is 17.2 Å². The van der Waals surface area contributed by atoms with Gasteiger partial charge in [-0.1, -0.05) is 46.3 Å². The van der Waals surface area contributed by atoms with Crippen LogP contribution in [0.4, 0.5) is 0 Å². The number of benzene rings is 1. The van der Waals surface area contributed by atoms with Gasteiger partial charge in [-0.25, -0.2) is 0 Å². The van der Waals surface area contributed by atoms with E-state index in [0.29, 0.717) is 11.1 Å². The van der Waals surface area contributed by atoms with E-state index in [4.69, 9.17) is 18.3 Å². The lowest BCUT2D eigenvalue weighted by atomic mass is 10.1. The van der Waals surface area contributed by atoms with Crippen molar-refractivity contribution in [3.63, 3.8) is 0 Å². The van der Waals surface area contributed by atoms with Crippen LogP contribution in [0.2, 0.25) is 0 Å². The maximum Gasteiger partial charge on any atom is 0.367 e. The lowest BCUT2D eigenvalue weighted by Crippen LogP contribution is -2.06. The van der Waals surface area contributed by atoms with Gasteiger partial charge in [0.1, 0.15) is 0 Å². The number of halogens is 1. The minimum Gasteiger partial charge on any atom is -0.462 e. The number of nitrogens with zero attached hydrogens (tertiary/aromatic N) is 1. The van der Waals surface area contributed by atoms with E-state index in [1.165, 1.54) is 0 Å². The number of alkyl halides is 1. The van der Waals surface area contributed by atoms with Gasteiger partial charge in [0.05, 0.1) is 18.8 Å². The van der Waals surface area contributed by atoms with Gasteiger partial charge in [0.15, 0.2) is 12.1 Å². The predicted molar refractivity (Wildman–Crippen MR) is 90.9 cm³/mol. The molecule has 0 fully saturated rings. The highest BCUT2D eigenvalue weighted by atomic mass is 79.9. The topological polar surface area (TPSA) is 70.8 Å². The summed E-state index contributed by atoms with van der Waals surface area (Å²) in [6.45, 7) is 4.05. The molecule has 0 saturated carbocycles. The molecule has 0 N–H and O–H groups in total. The van der Waals surface area contributed by atoms with Crippen LogP contribution in [0.3, 0.4) is 0 Å². The zero-order valence-electron chi connectivity index (χ0n) is 13.0. The molecule has 0 amide bonds. The van der Waals surface area contributed by atoms with Gasteiger partial charge in [-0.3, -0.25) is 4.57 Å². The highest BCUT2D eigenvalue weighted by Gasteiger charge is 2.27. The highest BCUT2D eigenvalue weighted by molar-refractivity contribution is 9.08. The molecule has 0 atom stereocenters. The Morgan fingerprint density at radius 1 is 1.17 bits per heavy atom. The van der Waals surface area contributed by atoms with Crippen molar-refractivity contribution in [2.24, 2.45) is 0 Å². The van der Waals surface area contributed by atoms with Crippen LogP contribution in [0.1, 0.15) is 19.4 Å². The molecule has 0 aliphatic carbocycles. The standard InChI is InChI=1S/C15H19BrNO5P/c1-3-20-23(18,21-4-2)11-19-15-13(10-16)14(22-17-15)12-8-6-5-7-9-12/h5-9H,3-4,10-11H2,1-2H3. The van der Waals surface area contributed by atoms with E-state index in [9.17, 15) is 4.57 Å². The molecule has 6 nitrogen and oxygen atoms in total. The smallest absolute Gasteiger partial charge is 0.367 e. The normalized spacial score (nSPS) is 11.6. The predicted octanol–water partition coefficient (Wildman–Crippen LogP) is 4.84. The van der Waals surface area contributed by atoms with E-state index < -0.39 is 7.60 Å². The number of ether oxygens (including phenoxy) is 1. The van der Waals surface area contributed by atoms with Crippen molar-refractivity contribution in [1.82, 2.24) is 5.16 Å². The first-order valence-corrected chi connectivity index (χ1v) is 10.1. The highest BCUT2D eigenvalue weighted by Crippen LogP contribution is 2.48. The minimum atomic E-state index is -3.30. The minimum absolute atomic E-state index is 0.213. The second kappa shape index (κ2) is 8.64. The third-order valence-electron chi connectivity index (χ3n) is 2.93. The zero-order valence-corrected chi connectivity index (χ0v) is 15.5. The quantitative estimate of drug-likeness (QED) is 0.440. The monoisotopic (exact) mass is 403 g/mol. The average Bonchev–Trinajstić information content (AvgIpc) is 2.97. The number of hydrogen-bond donors (Lipinski definition) is 0. The Labute approximate surface area is 143 Å². The summed E-state index contributed by atoms with van der Waals surface area (Å²) in [6.07, 6.45) is -0.213. The van der Waals surface area contributed by atoms with Gasteiger partial charge in [-0.2, -0.15) is 0 Å². The zero-order chi connectivity index (χ0) is 16.7. The summed E-state index contributed by atoms with van der Waals surface area (Å²) < 4.78 is 33.7. The molecular weight excluding hydrogens is 385 g/mol. The molecule has 1 aromatic heterocycles. The van der Waals surface area contributed by atoms with Gasteiger partial charge in [0, 0.05) is 10.9 Å². The fourth-order valence-electron chi connectivity index (χ4n) is 1.99. The lowest BCUT2D eigenvalue weighted by molar-refractivity contribution is 0.193. The van der Waals surface area contributed by atoms with E-state index in [-0.39, 0.29) is 25.4 Å². The van der Waals surface area contributed by atoms with Crippen LogP contribution in [0.5, 0.6) is 5.88 Å². The number of aromatic nitrogens is 1. The largest absolute Gasteiger partial charge is 0.462 e. The summed E-state index contributed by atoms with van der Waals surface area (Å²) in [6, 6.07) is 9.58. The van der Waals surface area contributed by atoms with Crippen molar-refractivity contribution in [2.45, 2.75) is 19.2 Å². The molecule has 0 saturated heterocycles. The molecule has 1 heterocycles. The summed E-state index contributed by atoms with van der Waals surface area (Å²) in [5, 5.41) is 4.42. The average molecular weight is 404 g/mol. The van der Waals surface area contributed by atoms with E-state index in [1.54, 1.807) is 13.8 Å². The van der Waals surface area contributed by atoms with E-state index in [2.05, 4.69) is 21.1 Å². The summed E-state index contributed by atoms with van der Waals surface area (Å²) in [5.74, 6) is 0.889. The van der Waals surface area contributed by atoms with Crippen LogP contribution in [-0.2, 0) is 18.9 Å². The molecule has 23 heavy (non-hydrogen) atoms. The van der Waals surface area contributed by atoms with Crippen LogP contribution < -0.4 is 4.74 Å². The first-order chi connectivity index (χ1) is 11.1. The van der Waals surface area contributed by atoms with Crippen molar-refractivity contribution in [3.05, 3.63) is 35.9 Å². The van der Waals surface area contributed by atoms with E-state index >= 15 is 0 Å². The molecule has 2 rings (SSSR count). The Morgan fingerprint density at radius 3 is 2.39 bits per heavy atom. The molecule has 126 valence electrons. The Balaban J connectivity index is 2.18. The molecular formula is C15H19BrNO5P. The molecule has 0 unspecified atom stereocenters. The van der Waals surface area contributed by atoms with Gasteiger partial charge in [-0.15, -0.1) is 0 Å². The third-order valence-corrected chi connectivity index (χ3v) is 5.24. The van der Waals surface area contributed by atoms with Crippen LogP contribution >= 0.6 is 23.5 Å².